The van der Waals surface area contributed by atoms with Crippen molar-refractivity contribution in [3.63, 3.8) is 0 Å². The minimum atomic E-state index is 0.306. The molecule has 0 spiro atoms. The van der Waals surface area contributed by atoms with E-state index >= 15 is 0 Å². The van der Waals surface area contributed by atoms with Crippen LogP contribution in [0.2, 0.25) is 0 Å². The summed E-state index contributed by atoms with van der Waals surface area (Å²) in [5.74, 6) is 0. The summed E-state index contributed by atoms with van der Waals surface area (Å²) in [5, 5.41) is 7.73. The summed E-state index contributed by atoms with van der Waals surface area (Å²) < 4.78 is 6.38. The van der Waals surface area contributed by atoms with E-state index in [0.717, 1.165) is 19.6 Å². The number of nitrogens with one attached hydrogen (secondary N) is 1. The van der Waals surface area contributed by atoms with Crippen LogP contribution in [0.5, 0.6) is 0 Å². The van der Waals surface area contributed by atoms with Gasteiger partial charge in [-0.05, 0) is 39.8 Å². The highest BCUT2D eigenvalue weighted by Crippen LogP contribution is 2.27. The zero-order chi connectivity index (χ0) is 10.4. The first-order valence-electron chi connectivity index (χ1n) is 4.73. The van der Waals surface area contributed by atoms with Gasteiger partial charge in [0.15, 0.2) is 0 Å². The number of halogens is 1. The van der Waals surface area contributed by atoms with Crippen LogP contribution in [-0.4, -0.2) is 20.3 Å². The van der Waals surface area contributed by atoms with Gasteiger partial charge in [0.25, 0.3) is 0 Å². The number of hydrogen-bond acceptors (Lipinski definition) is 3. The van der Waals surface area contributed by atoms with Gasteiger partial charge in [-0.1, -0.05) is 6.92 Å². The van der Waals surface area contributed by atoms with Crippen LogP contribution in [0.1, 0.15) is 24.9 Å². The average molecular weight is 278 g/mol. The molecule has 0 fully saturated rings. The Kier molecular flexibility index (Phi) is 5.70. The lowest BCUT2D eigenvalue weighted by Gasteiger charge is -2.17. The van der Waals surface area contributed by atoms with Crippen molar-refractivity contribution in [1.82, 2.24) is 5.32 Å². The van der Waals surface area contributed by atoms with Crippen LogP contribution in [0.25, 0.3) is 0 Å². The second-order valence-corrected chi connectivity index (χ2v) is 4.74. The SMILES string of the molecule is CCCNC(COC)c1cscc1Br. The summed E-state index contributed by atoms with van der Waals surface area (Å²) in [6.07, 6.45) is 1.14. The summed E-state index contributed by atoms with van der Waals surface area (Å²) in [6, 6.07) is 0.306. The molecule has 0 radical (unpaired) electrons. The average Bonchev–Trinajstić information content (AvgIpc) is 2.59. The Bertz CT molecular complexity index is 264. The number of ether oxygens (including phenoxy) is 1. The van der Waals surface area contributed by atoms with Gasteiger partial charge in [0.2, 0.25) is 0 Å². The summed E-state index contributed by atoms with van der Waals surface area (Å²) in [6.45, 7) is 3.91. The fourth-order valence-corrected chi connectivity index (χ4v) is 2.91. The van der Waals surface area contributed by atoms with Crippen molar-refractivity contribution >= 4 is 27.3 Å². The monoisotopic (exact) mass is 277 g/mol. The summed E-state index contributed by atoms with van der Waals surface area (Å²) >= 11 is 5.26. The first-order valence-corrected chi connectivity index (χ1v) is 6.47. The van der Waals surface area contributed by atoms with Gasteiger partial charge in [0, 0.05) is 17.0 Å². The minimum Gasteiger partial charge on any atom is -0.383 e. The van der Waals surface area contributed by atoms with Crippen LogP contribution in [-0.2, 0) is 4.74 Å². The highest BCUT2D eigenvalue weighted by Gasteiger charge is 2.13. The third-order valence-corrected chi connectivity index (χ3v) is 3.74. The van der Waals surface area contributed by atoms with Crippen molar-refractivity contribution < 1.29 is 4.74 Å². The van der Waals surface area contributed by atoms with Gasteiger partial charge in [-0.3, -0.25) is 0 Å². The van der Waals surface area contributed by atoms with Crippen molar-refractivity contribution in [3.8, 4) is 0 Å². The number of hydrogen-bond donors (Lipinski definition) is 1. The van der Waals surface area contributed by atoms with Crippen LogP contribution >= 0.6 is 27.3 Å². The van der Waals surface area contributed by atoms with E-state index in [9.17, 15) is 0 Å². The van der Waals surface area contributed by atoms with Gasteiger partial charge < -0.3 is 10.1 Å². The van der Waals surface area contributed by atoms with Gasteiger partial charge in [0.05, 0.1) is 12.6 Å². The Morgan fingerprint density at radius 1 is 1.57 bits per heavy atom. The Morgan fingerprint density at radius 2 is 2.36 bits per heavy atom. The molecule has 2 nitrogen and oxygen atoms in total. The molecule has 1 atom stereocenters. The second kappa shape index (κ2) is 6.56. The predicted molar refractivity (Wildman–Crippen MR) is 64.9 cm³/mol. The van der Waals surface area contributed by atoms with E-state index in [-0.39, 0.29) is 0 Å². The maximum atomic E-state index is 5.20. The molecule has 80 valence electrons. The van der Waals surface area contributed by atoms with Gasteiger partial charge >= 0.3 is 0 Å². The second-order valence-electron chi connectivity index (χ2n) is 3.14. The Hall–Kier alpha value is 0.100. The number of rotatable bonds is 6. The Labute approximate surface area is 97.8 Å². The summed E-state index contributed by atoms with van der Waals surface area (Å²) in [4.78, 5) is 0. The molecule has 0 aliphatic carbocycles. The van der Waals surface area contributed by atoms with E-state index < -0.39 is 0 Å². The topological polar surface area (TPSA) is 21.3 Å². The van der Waals surface area contributed by atoms with Crippen molar-refractivity contribution in [2.75, 3.05) is 20.3 Å². The Morgan fingerprint density at radius 3 is 2.86 bits per heavy atom. The molecule has 0 saturated heterocycles. The summed E-state index contributed by atoms with van der Waals surface area (Å²) in [7, 11) is 1.74. The molecule has 1 rings (SSSR count). The van der Waals surface area contributed by atoms with Crippen LogP contribution in [0, 0.1) is 0 Å². The molecule has 0 aliphatic rings. The third kappa shape index (κ3) is 3.35. The standard InChI is InChI=1S/C10H16BrNOS/c1-3-4-12-10(5-13-2)8-6-14-7-9(8)11/h6-7,10,12H,3-5H2,1-2H3. The van der Waals surface area contributed by atoms with Gasteiger partial charge in [-0.25, -0.2) is 0 Å². The van der Waals surface area contributed by atoms with E-state index in [1.807, 2.05) is 0 Å². The number of methoxy groups -OCH3 is 1. The lowest BCUT2D eigenvalue weighted by molar-refractivity contribution is 0.167. The van der Waals surface area contributed by atoms with Gasteiger partial charge in [-0.2, -0.15) is 11.3 Å². The lowest BCUT2D eigenvalue weighted by atomic mass is 10.1. The predicted octanol–water partition coefficient (Wildman–Crippen LogP) is 3.20. The van der Waals surface area contributed by atoms with E-state index in [1.54, 1.807) is 18.4 Å². The largest absolute Gasteiger partial charge is 0.383 e. The lowest BCUT2D eigenvalue weighted by Crippen LogP contribution is -2.25. The maximum Gasteiger partial charge on any atom is 0.0658 e. The molecule has 14 heavy (non-hydrogen) atoms. The molecule has 4 heteroatoms. The molecular formula is C10H16BrNOS. The van der Waals surface area contributed by atoms with Crippen LogP contribution < -0.4 is 5.32 Å². The van der Waals surface area contributed by atoms with E-state index in [4.69, 9.17) is 4.74 Å². The van der Waals surface area contributed by atoms with Gasteiger partial charge in [0.1, 0.15) is 0 Å². The normalized spacial score (nSPS) is 13.1. The van der Waals surface area contributed by atoms with E-state index in [0.29, 0.717) is 6.04 Å². The minimum absolute atomic E-state index is 0.306. The first kappa shape index (κ1) is 12.2. The van der Waals surface area contributed by atoms with Crippen molar-refractivity contribution in [1.29, 1.82) is 0 Å². The highest BCUT2D eigenvalue weighted by atomic mass is 79.9. The van der Waals surface area contributed by atoms with Crippen molar-refractivity contribution in [2.24, 2.45) is 0 Å². The van der Waals surface area contributed by atoms with E-state index in [1.165, 1.54) is 10.0 Å². The van der Waals surface area contributed by atoms with Crippen molar-refractivity contribution in [2.45, 2.75) is 19.4 Å². The molecule has 0 saturated carbocycles. The molecule has 1 aromatic rings. The summed E-state index contributed by atoms with van der Waals surface area (Å²) in [5.41, 5.74) is 1.30. The maximum absolute atomic E-state index is 5.20. The molecular weight excluding hydrogens is 262 g/mol. The smallest absolute Gasteiger partial charge is 0.0658 e. The molecule has 1 unspecified atom stereocenters. The van der Waals surface area contributed by atoms with Crippen LogP contribution in [0.3, 0.4) is 0 Å². The highest BCUT2D eigenvalue weighted by molar-refractivity contribution is 9.10. The number of thiophene rings is 1. The molecule has 1 N–H and O–H groups in total. The zero-order valence-corrected chi connectivity index (χ0v) is 11.0. The molecule has 0 bridgehead atoms. The third-order valence-electron chi connectivity index (χ3n) is 1.99. The van der Waals surface area contributed by atoms with Gasteiger partial charge in [-0.15, -0.1) is 0 Å². The molecule has 1 aromatic heterocycles. The van der Waals surface area contributed by atoms with Crippen molar-refractivity contribution in [3.05, 3.63) is 20.8 Å². The molecule has 0 amide bonds. The fraction of sp³-hybridized carbons (Fsp3) is 0.600. The first-order chi connectivity index (χ1) is 6.79. The molecule has 1 heterocycles. The quantitative estimate of drug-likeness (QED) is 0.862. The van der Waals surface area contributed by atoms with E-state index in [2.05, 4.69) is 38.9 Å². The zero-order valence-electron chi connectivity index (χ0n) is 8.55. The molecule has 0 aromatic carbocycles. The van der Waals surface area contributed by atoms with Crippen LogP contribution in [0.4, 0.5) is 0 Å². The fourth-order valence-electron chi connectivity index (χ4n) is 1.28. The molecule has 0 aliphatic heterocycles. The van der Waals surface area contributed by atoms with Crippen LogP contribution in [0.15, 0.2) is 15.2 Å². The Balaban J connectivity index is 2.62.